The van der Waals surface area contributed by atoms with Gasteiger partial charge in [0.15, 0.2) is 6.29 Å². The summed E-state index contributed by atoms with van der Waals surface area (Å²) in [6.07, 6.45) is -1.26. The van der Waals surface area contributed by atoms with E-state index < -0.39 is 12.1 Å². The highest BCUT2D eigenvalue weighted by Gasteiger charge is 2.18. The molecular weight excluding hydrogens is 214 g/mol. The highest BCUT2D eigenvalue weighted by atomic mass is 35.5. The van der Waals surface area contributed by atoms with Gasteiger partial charge < -0.3 is 5.73 Å². The Hall–Kier alpha value is -1.07. The molecule has 0 radical (unpaired) electrons. The molecule has 1 aromatic rings. The second-order valence-electron chi connectivity index (χ2n) is 2.52. The van der Waals surface area contributed by atoms with Crippen molar-refractivity contribution in [2.75, 3.05) is 0 Å². The number of nitrogens with zero attached hydrogens (tertiary/aromatic N) is 1. The van der Waals surface area contributed by atoms with E-state index in [4.69, 9.17) is 17.3 Å². The summed E-state index contributed by atoms with van der Waals surface area (Å²) in [6.45, 7) is 0.0321. The quantitative estimate of drug-likeness (QED) is 0.792. The average molecular weight is 221 g/mol. The van der Waals surface area contributed by atoms with Crippen LogP contribution in [-0.4, -0.2) is 11.3 Å². The predicted molar refractivity (Wildman–Crippen MR) is 47.5 cm³/mol. The number of pyridine rings is 1. The van der Waals surface area contributed by atoms with Gasteiger partial charge in [-0.2, -0.15) is 0 Å². The highest BCUT2D eigenvalue weighted by molar-refractivity contribution is 6.33. The second kappa shape index (κ2) is 4.43. The number of hydrogen-bond donors (Lipinski definition) is 1. The number of rotatable bonds is 3. The van der Waals surface area contributed by atoms with E-state index in [1.807, 2.05) is 0 Å². The molecule has 0 bridgehead atoms. The molecule has 0 aromatic carbocycles. The normalized spacial score (nSPS) is 10.6. The lowest BCUT2D eigenvalue weighted by molar-refractivity contribution is 0.112. The first kappa shape index (κ1) is 11.0. The van der Waals surface area contributed by atoms with E-state index in [1.165, 1.54) is 0 Å². The van der Waals surface area contributed by atoms with Gasteiger partial charge in [-0.15, -0.1) is 0 Å². The zero-order valence-electron chi connectivity index (χ0n) is 7.01. The van der Waals surface area contributed by atoms with Crippen LogP contribution in [0.2, 0.25) is 5.02 Å². The van der Waals surface area contributed by atoms with Crippen LogP contribution in [0.4, 0.5) is 8.78 Å². The van der Waals surface area contributed by atoms with E-state index in [9.17, 15) is 13.6 Å². The molecule has 0 aliphatic heterocycles. The van der Waals surface area contributed by atoms with Gasteiger partial charge in [-0.3, -0.25) is 9.78 Å². The van der Waals surface area contributed by atoms with E-state index in [1.54, 1.807) is 0 Å². The van der Waals surface area contributed by atoms with Crippen molar-refractivity contribution >= 4 is 17.9 Å². The topological polar surface area (TPSA) is 56.0 Å². The monoisotopic (exact) mass is 220 g/mol. The summed E-state index contributed by atoms with van der Waals surface area (Å²) < 4.78 is 24.6. The van der Waals surface area contributed by atoms with Crippen LogP contribution in [0.5, 0.6) is 0 Å². The molecule has 0 amide bonds. The first-order valence-electron chi connectivity index (χ1n) is 3.72. The summed E-state index contributed by atoms with van der Waals surface area (Å²) in [7, 11) is 0. The van der Waals surface area contributed by atoms with E-state index >= 15 is 0 Å². The van der Waals surface area contributed by atoms with Gasteiger partial charge in [0, 0.05) is 18.3 Å². The minimum Gasteiger partial charge on any atom is -0.326 e. The lowest BCUT2D eigenvalue weighted by atomic mass is 10.1. The largest absolute Gasteiger partial charge is 0.326 e. The SMILES string of the molecule is NCc1cnc(C(F)F)c(Cl)c1C=O. The van der Waals surface area contributed by atoms with Crippen molar-refractivity contribution in [2.24, 2.45) is 5.73 Å². The van der Waals surface area contributed by atoms with Crippen molar-refractivity contribution in [3.63, 3.8) is 0 Å². The van der Waals surface area contributed by atoms with Gasteiger partial charge in [0.05, 0.1) is 5.02 Å². The molecule has 1 rings (SSSR count). The fourth-order valence-electron chi connectivity index (χ4n) is 0.995. The van der Waals surface area contributed by atoms with Crippen LogP contribution < -0.4 is 5.73 Å². The van der Waals surface area contributed by atoms with Gasteiger partial charge in [-0.05, 0) is 5.56 Å². The standard InChI is InChI=1S/C8H7ClF2N2O/c9-6-5(3-14)4(1-12)2-13-7(6)8(10)11/h2-3,8H,1,12H2. The Morgan fingerprint density at radius 3 is 2.71 bits per heavy atom. The summed E-state index contributed by atoms with van der Waals surface area (Å²) in [4.78, 5) is 14.0. The molecule has 0 fully saturated rings. The Labute approximate surface area is 83.9 Å². The molecule has 76 valence electrons. The molecule has 0 spiro atoms. The average Bonchev–Trinajstić information content (AvgIpc) is 2.16. The molecule has 3 nitrogen and oxygen atoms in total. The van der Waals surface area contributed by atoms with Crippen LogP contribution in [0.15, 0.2) is 6.20 Å². The van der Waals surface area contributed by atoms with Crippen molar-refractivity contribution in [2.45, 2.75) is 13.0 Å². The van der Waals surface area contributed by atoms with Gasteiger partial charge in [0.2, 0.25) is 0 Å². The summed E-state index contributed by atoms with van der Waals surface area (Å²) in [5.74, 6) is 0. The maximum atomic E-state index is 12.3. The van der Waals surface area contributed by atoms with Crippen LogP contribution in [0, 0.1) is 0 Å². The second-order valence-corrected chi connectivity index (χ2v) is 2.90. The van der Waals surface area contributed by atoms with Crippen LogP contribution >= 0.6 is 11.6 Å². The molecule has 2 N–H and O–H groups in total. The number of nitrogens with two attached hydrogens (primary N) is 1. The van der Waals surface area contributed by atoms with Crippen molar-refractivity contribution in [1.29, 1.82) is 0 Å². The Kier molecular flexibility index (Phi) is 3.49. The molecule has 1 aromatic heterocycles. The van der Waals surface area contributed by atoms with Gasteiger partial charge in [0.1, 0.15) is 5.69 Å². The van der Waals surface area contributed by atoms with E-state index in [0.717, 1.165) is 6.20 Å². The summed E-state index contributed by atoms with van der Waals surface area (Å²) >= 11 is 5.56. The van der Waals surface area contributed by atoms with Crippen LogP contribution in [0.3, 0.4) is 0 Å². The predicted octanol–water partition coefficient (Wildman–Crippen LogP) is 1.94. The van der Waals surface area contributed by atoms with Gasteiger partial charge in [0.25, 0.3) is 6.43 Å². The Morgan fingerprint density at radius 1 is 1.64 bits per heavy atom. The van der Waals surface area contributed by atoms with E-state index in [2.05, 4.69) is 4.98 Å². The number of alkyl halides is 2. The molecule has 0 unspecified atom stereocenters. The van der Waals surface area contributed by atoms with Gasteiger partial charge >= 0.3 is 0 Å². The molecular formula is C8H7ClF2N2O. The Morgan fingerprint density at radius 2 is 2.29 bits per heavy atom. The molecule has 0 saturated heterocycles. The Bertz CT molecular complexity index is 357. The fourth-order valence-corrected chi connectivity index (χ4v) is 1.29. The number of hydrogen-bond acceptors (Lipinski definition) is 3. The molecule has 1 heterocycles. The number of aldehydes is 1. The molecule has 0 saturated carbocycles. The molecule has 6 heteroatoms. The van der Waals surface area contributed by atoms with Crippen LogP contribution in [0.25, 0.3) is 0 Å². The van der Waals surface area contributed by atoms with Crippen molar-refractivity contribution in [3.05, 3.63) is 28.0 Å². The maximum absolute atomic E-state index is 12.3. The minimum absolute atomic E-state index is 0.0144. The van der Waals surface area contributed by atoms with E-state index in [0.29, 0.717) is 11.8 Å². The maximum Gasteiger partial charge on any atom is 0.281 e. The molecule has 0 atom stereocenters. The number of halogens is 3. The third-order valence-electron chi connectivity index (χ3n) is 1.71. The third-order valence-corrected chi connectivity index (χ3v) is 2.11. The van der Waals surface area contributed by atoms with Crippen molar-refractivity contribution < 1.29 is 13.6 Å². The molecule has 14 heavy (non-hydrogen) atoms. The number of carbonyl (C=O) groups excluding carboxylic acids is 1. The van der Waals surface area contributed by atoms with Gasteiger partial charge in [-0.1, -0.05) is 11.6 Å². The molecule has 0 aliphatic carbocycles. The zero-order chi connectivity index (χ0) is 10.7. The van der Waals surface area contributed by atoms with E-state index in [-0.39, 0.29) is 17.1 Å². The van der Waals surface area contributed by atoms with Crippen LogP contribution in [-0.2, 0) is 6.54 Å². The lowest BCUT2D eigenvalue weighted by Gasteiger charge is -2.07. The van der Waals surface area contributed by atoms with Crippen molar-refractivity contribution in [1.82, 2.24) is 4.98 Å². The highest BCUT2D eigenvalue weighted by Crippen LogP contribution is 2.28. The molecule has 0 aliphatic rings. The van der Waals surface area contributed by atoms with Crippen LogP contribution in [0.1, 0.15) is 28.0 Å². The zero-order valence-corrected chi connectivity index (χ0v) is 7.76. The number of aromatic nitrogens is 1. The third kappa shape index (κ3) is 1.88. The summed E-state index contributed by atoms with van der Waals surface area (Å²) in [5.41, 5.74) is 5.03. The van der Waals surface area contributed by atoms with Gasteiger partial charge in [-0.25, -0.2) is 8.78 Å². The first-order valence-corrected chi connectivity index (χ1v) is 4.10. The summed E-state index contributed by atoms with van der Waals surface area (Å²) in [6, 6.07) is 0. The minimum atomic E-state index is -2.80. The smallest absolute Gasteiger partial charge is 0.281 e. The fraction of sp³-hybridized carbons (Fsp3) is 0.250. The lowest BCUT2D eigenvalue weighted by Crippen LogP contribution is -2.05. The number of carbonyl (C=O) groups is 1. The Balaban J connectivity index is 3.34. The summed E-state index contributed by atoms with van der Waals surface area (Å²) in [5, 5.41) is -0.321. The van der Waals surface area contributed by atoms with Crippen molar-refractivity contribution in [3.8, 4) is 0 Å². The first-order chi connectivity index (χ1) is 6.61.